The highest BCUT2D eigenvalue weighted by Crippen LogP contribution is 2.39. The van der Waals surface area contributed by atoms with Crippen molar-refractivity contribution in [3.05, 3.63) is 0 Å². The van der Waals surface area contributed by atoms with Gasteiger partial charge >= 0.3 is 0 Å². The molecule has 1 saturated heterocycles. The lowest BCUT2D eigenvalue weighted by molar-refractivity contribution is 0.285. The Morgan fingerprint density at radius 1 is 1.30 bits per heavy atom. The van der Waals surface area contributed by atoms with Gasteiger partial charge in [0, 0.05) is 6.04 Å². The first-order valence-corrected chi connectivity index (χ1v) is 4.50. The molecule has 58 valence electrons. The first-order valence-electron chi connectivity index (χ1n) is 4.50. The van der Waals surface area contributed by atoms with Gasteiger partial charge in [-0.2, -0.15) is 0 Å². The normalized spacial score (nSPS) is 45.3. The number of fused-ring (bicyclic) bond motifs is 2. The molecule has 0 unspecified atom stereocenters. The number of rotatable bonds is 1. The quantitative estimate of drug-likeness (QED) is 0.582. The Morgan fingerprint density at radius 3 is 2.40 bits per heavy atom. The van der Waals surface area contributed by atoms with Gasteiger partial charge in [-0.05, 0) is 37.1 Å². The van der Waals surface area contributed by atoms with E-state index in [-0.39, 0.29) is 0 Å². The molecule has 10 heavy (non-hydrogen) atoms. The molecule has 2 fully saturated rings. The van der Waals surface area contributed by atoms with Crippen molar-refractivity contribution in [1.82, 2.24) is 5.32 Å². The summed E-state index contributed by atoms with van der Waals surface area (Å²) >= 11 is 0. The monoisotopic (exact) mass is 139 g/mol. The topological polar surface area (TPSA) is 12.0 Å². The van der Waals surface area contributed by atoms with Crippen LogP contribution in [0.5, 0.6) is 0 Å². The summed E-state index contributed by atoms with van der Waals surface area (Å²) in [5, 5.41) is 3.59. The van der Waals surface area contributed by atoms with Gasteiger partial charge in [-0.25, -0.2) is 0 Å². The van der Waals surface area contributed by atoms with Crippen LogP contribution in [-0.2, 0) is 0 Å². The van der Waals surface area contributed by atoms with Gasteiger partial charge in [0.05, 0.1) is 0 Å². The lowest BCUT2D eigenvalue weighted by Crippen LogP contribution is -2.35. The largest absolute Gasteiger partial charge is 0.313 e. The zero-order valence-corrected chi connectivity index (χ0v) is 6.93. The Labute approximate surface area is 63.2 Å². The molecule has 2 aliphatic rings. The van der Waals surface area contributed by atoms with E-state index in [0.717, 1.165) is 23.8 Å². The third kappa shape index (κ3) is 0.878. The predicted octanol–water partition coefficient (Wildman–Crippen LogP) is 1.64. The van der Waals surface area contributed by atoms with Crippen molar-refractivity contribution in [2.24, 2.45) is 17.8 Å². The second-order valence-corrected chi connectivity index (χ2v) is 4.26. The highest BCUT2D eigenvalue weighted by molar-refractivity contribution is 4.96. The summed E-state index contributed by atoms with van der Waals surface area (Å²) in [6.45, 7) is 6.01. The second kappa shape index (κ2) is 2.23. The summed E-state index contributed by atoms with van der Waals surface area (Å²) in [7, 11) is 0. The van der Waals surface area contributed by atoms with Crippen molar-refractivity contribution in [2.45, 2.75) is 32.7 Å². The van der Waals surface area contributed by atoms with Crippen LogP contribution < -0.4 is 5.32 Å². The van der Waals surface area contributed by atoms with Crippen LogP contribution >= 0.6 is 0 Å². The molecule has 1 aliphatic carbocycles. The molecule has 1 aliphatic heterocycles. The van der Waals surface area contributed by atoms with Crippen LogP contribution in [-0.4, -0.2) is 12.6 Å². The molecule has 1 saturated carbocycles. The maximum Gasteiger partial charge on any atom is 0.0101 e. The van der Waals surface area contributed by atoms with E-state index < -0.39 is 0 Å². The van der Waals surface area contributed by atoms with Gasteiger partial charge in [0.15, 0.2) is 0 Å². The SMILES string of the molecule is CC(C)[C@H]1C[C@@H]2CN[C@H]1C2. The van der Waals surface area contributed by atoms with E-state index in [4.69, 9.17) is 0 Å². The maximum absolute atomic E-state index is 3.59. The first-order chi connectivity index (χ1) is 4.77. The minimum absolute atomic E-state index is 0.880. The zero-order valence-electron chi connectivity index (χ0n) is 6.93. The average molecular weight is 139 g/mol. The Kier molecular flexibility index (Phi) is 1.48. The zero-order chi connectivity index (χ0) is 7.14. The van der Waals surface area contributed by atoms with Crippen molar-refractivity contribution in [3.63, 3.8) is 0 Å². The van der Waals surface area contributed by atoms with Crippen LogP contribution in [0.1, 0.15) is 26.7 Å². The van der Waals surface area contributed by atoms with Crippen LogP contribution in [0.2, 0.25) is 0 Å². The number of hydrogen-bond donors (Lipinski definition) is 1. The van der Waals surface area contributed by atoms with Gasteiger partial charge in [-0.15, -0.1) is 0 Å². The summed E-state index contributed by atoms with van der Waals surface area (Å²) < 4.78 is 0. The molecule has 0 spiro atoms. The van der Waals surface area contributed by atoms with Crippen LogP contribution in [0.3, 0.4) is 0 Å². The van der Waals surface area contributed by atoms with Gasteiger partial charge in [0.25, 0.3) is 0 Å². The lowest BCUT2D eigenvalue weighted by Gasteiger charge is -2.25. The molecule has 1 nitrogen and oxygen atoms in total. The van der Waals surface area contributed by atoms with Crippen molar-refractivity contribution in [1.29, 1.82) is 0 Å². The fourth-order valence-electron chi connectivity index (χ4n) is 2.64. The van der Waals surface area contributed by atoms with Crippen molar-refractivity contribution in [2.75, 3.05) is 6.54 Å². The van der Waals surface area contributed by atoms with E-state index in [1.807, 2.05) is 0 Å². The molecular formula is C9H17N. The van der Waals surface area contributed by atoms with Gasteiger partial charge in [0.1, 0.15) is 0 Å². The minimum Gasteiger partial charge on any atom is -0.313 e. The van der Waals surface area contributed by atoms with E-state index in [9.17, 15) is 0 Å². The number of piperidine rings is 1. The third-order valence-electron chi connectivity index (χ3n) is 3.23. The molecule has 0 aromatic carbocycles. The Hall–Kier alpha value is -0.0400. The van der Waals surface area contributed by atoms with E-state index >= 15 is 0 Å². The van der Waals surface area contributed by atoms with Crippen molar-refractivity contribution < 1.29 is 0 Å². The molecule has 0 amide bonds. The van der Waals surface area contributed by atoms with Crippen LogP contribution in [0.25, 0.3) is 0 Å². The Morgan fingerprint density at radius 2 is 2.10 bits per heavy atom. The van der Waals surface area contributed by atoms with Gasteiger partial charge < -0.3 is 5.32 Å². The summed E-state index contributed by atoms with van der Waals surface area (Å²) in [4.78, 5) is 0. The Bertz CT molecular complexity index is 131. The summed E-state index contributed by atoms with van der Waals surface area (Å²) in [5.74, 6) is 2.90. The molecule has 0 aromatic heterocycles. The van der Waals surface area contributed by atoms with Gasteiger partial charge in [0.2, 0.25) is 0 Å². The lowest BCUT2D eigenvalue weighted by atomic mass is 9.89. The third-order valence-corrected chi connectivity index (χ3v) is 3.23. The molecule has 2 bridgehead atoms. The molecule has 1 heteroatoms. The molecule has 3 atom stereocenters. The van der Waals surface area contributed by atoms with Gasteiger partial charge in [-0.3, -0.25) is 0 Å². The highest BCUT2D eigenvalue weighted by atomic mass is 15.0. The molecule has 0 aromatic rings. The smallest absolute Gasteiger partial charge is 0.0101 e. The van der Waals surface area contributed by atoms with Crippen molar-refractivity contribution in [3.8, 4) is 0 Å². The van der Waals surface area contributed by atoms with Crippen LogP contribution in [0.4, 0.5) is 0 Å². The molecule has 1 N–H and O–H groups in total. The first kappa shape index (κ1) is 6.66. The molecule has 0 radical (unpaired) electrons. The number of nitrogens with one attached hydrogen (secondary N) is 1. The summed E-state index contributed by atoms with van der Waals surface area (Å²) in [6, 6.07) is 0.880. The highest BCUT2D eigenvalue weighted by Gasteiger charge is 2.40. The van der Waals surface area contributed by atoms with E-state index in [1.165, 1.54) is 19.4 Å². The Balaban J connectivity index is 2.02. The van der Waals surface area contributed by atoms with Crippen molar-refractivity contribution >= 4 is 0 Å². The molecule has 1 heterocycles. The minimum atomic E-state index is 0.880. The van der Waals surface area contributed by atoms with E-state index in [1.54, 1.807) is 0 Å². The fourth-order valence-corrected chi connectivity index (χ4v) is 2.64. The fraction of sp³-hybridized carbons (Fsp3) is 1.00. The summed E-state index contributed by atoms with van der Waals surface area (Å²) in [6.07, 6.45) is 2.96. The summed E-state index contributed by atoms with van der Waals surface area (Å²) in [5.41, 5.74) is 0. The standard InChI is InChI=1S/C9H17N/c1-6(2)8-3-7-4-9(8)10-5-7/h6-10H,3-5H2,1-2H3/t7-,8+,9-/m0/s1. The second-order valence-electron chi connectivity index (χ2n) is 4.26. The van der Waals surface area contributed by atoms with Crippen LogP contribution in [0, 0.1) is 17.8 Å². The molecule has 2 rings (SSSR count). The number of hydrogen-bond acceptors (Lipinski definition) is 1. The molecular weight excluding hydrogens is 122 g/mol. The predicted molar refractivity (Wildman–Crippen MR) is 42.8 cm³/mol. The van der Waals surface area contributed by atoms with Crippen LogP contribution in [0.15, 0.2) is 0 Å². The van der Waals surface area contributed by atoms with Gasteiger partial charge in [-0.1, -0.05) is 13.8 Å². The average Bonchev–Trinajstić information content (AvgIpc) is 2.44. The maximum atomic E-state index is 3.59. The van der Waals surface area contributed by atoms with E-state index in [0.29, 0.717) is 0 Å². The van der Waals surface area contributed by atoms with E-state index in [2.05, 4.69) is 19.2 Å².